The summed E-state index contributed by atoms with van der Waals surface area (Å²) in [5, 5.41) is 18.5. The zero-order valence-corrected chi connectivity index (χ0v) is 8.69. The molecule has 0 bridgehead atoms. The summed E-state index contributed by atoms with van der Waals surface area (Å²) in [4.78, 5) is 24.1. The standard InChI is InChI=1S/C10H15NO4/c1-9(2-3-9)7(12)11-5-4-10(15,6-11)8(13)14/h15H,2-6H2,1H3,(H,13,14). The molecule has 1 amide bonds. The highest BCUT2D eigenvalue weighted by molar-refractivity contribution is 5.87. The zero-order chi connectivity index (χ0) is 11.3. The molecule has 2 N–H and O–H groups in total. The van der Waals surface area contributed by atoms with Crippen LogP contribution in [0.1, 0.15) is 26.2 Å². The van der Waals surface area contributed by atoms with Crippen LogP contribution in [-0.4, -0.2) is 45.7 Å². The van der Waals surface area contributed by atoms with Gasteiger partial charge in [-0.25, -0.2) is 4.79 Å². The van der Waals surface area contributed by atoms with Gasteiger partial charge in [0.25, 0.3) is 0 Å². The minimum absolute atomic E-state index is 0.0142. The fourth-order valence-corrected chi connectivity index (χ4v) is 1.92. The number of aliphatic hydroxyl groups is 1. The van der Waals surface area contributed by atoms with Crippen molar-refractivity contribution in [2.75, 3.05) is 13.1 Å². The highest BCUT2D eigenvalue weighted by Crippen LogP contribution is 2.47. The molecule has 84 valence electrons. The summed E-state index contributed by atoms with van der Waals surface area (Å²) < 4.78 is 0. The highest BCUT2D eigenvalue weighted by Gasteiger charge is 2.52. The van der Waals surface area contributed by atoms with Crippen molar-refractivity contribution in [1.29, 1.82) is 0 Å². The summed E-state index contributed by atoms with van der Waals surface area (Å²) in [6.45, 7) is 2.15. The van der Waals surface area contributed by atoms with Crippen molar-refractivity contribution in [1.82, 2.24) is 4.90 Å². The molecule has 1 unspecified atom stereocenters. The maximum Gasteiger partial charge on any atom is 0.337 e. The number of nitrogens with zero attached hydrogens (tertiary/aromatic N) is 1. The monoisotopic (exact) mass is 213 g/mol. The van der Waals surface area contributed by atoms with Gasteiger partial charge in [-0.3, -0.25) is 4.79 Å². The van der Waals surface area contributed by atoms with Crippen LogP contribution in [0.4, 0.5) is 0 Å². The van der Waals surface area contributed by atoms with E-state index in [2.05, 4.69) is 0 Å². The van der Waals surface area contributed by atoms with Gasteiger partial charge in [0.1, 0.15) is 0 Å². The molecule has 0 spiro atoms. The number of amides is 1. The predicted octanol–water partition coefficient (Wildman–Crippen LogP) is -0.166. The summed E-state index contributed by atoms with van der Waals surface area (Å²) >= 11 is 0. The van der Waals surface area contributed by atoms with Crippen molar-refractivity contribution in [3.05, 3.63) is 0 Å². The fourth-order valence-electron chi connectivity index (χ4n) is 1.92. The summed E-state index contributed by atoms with van der Waals surface area (Å²) in [6, 6.07) is 0. The van der Waals surface area contributed by atoms with Gasteiger partial charge in [-0.15, -0.1) is 0 Å². The lowest BCUT2D eigenvalue weighted by atomic mass is 10.0. The Balaban J connectivity index is 2.04. The van der Waals surface area contributed by atoms with Crippen LogP contribution in [0.2, 0.25) is 0 Å². The summed E-state index contributed by atoms with van der Waals surface area (Å²) in [5.74, 6) is -1.25. The maximum absolute atomic E-state index is 11.9. The Morgan fingerprint density at radius 1 is 1.27 bits per heavy atom. The first-order valence-corrected chi connectivity index (χ1v) is 5.13. The topological polar surface area (TPSA) is 77.8 Å². The summed E-state index contributed by atoms with van der Waals surface area (Å²) in [6.07, 6.45) is 1.87. The molecule has 1 aliphatic heterocycles. The van der Waals surface area contributed by atoms with Crippen LogP contribution in [0, 0.1) is 5.41 Å². The molecule has 1 saturated heterocycles. The van der Waals surface area contributed by atoms with Gasteiger partial charge >= 0.3 is 5.97 Å². The van der Waals surface area contributed by atoms with Crippen molar-refractivity contribution in [2.24, 2.45) is 5.41 Å². The van der Waals surface area contributed by atoms with E-state index >= 15 is 0 Å². The van der Waals surface area contributed by atoms with E-state index in [1.165, 1.54) is 4.90 Å². The Kier molecular flexibility index (Phi) is 2.05. The molecule has 1 heterocycles. The molecule has 1 saturated carbocycles. The summed E-state index contributed by atoms with van der Waals surface area (Å²) in [7, 11) is 0. The number of carboxylic acids is 1. The van der Waals surface area contributed by atoms with Crippen LogP contribution in [0.25, 0.3) is 0 Å². The number of likely N-dealkylation sites (tertiary alicyclic amines) is 1. The number of hydrogen-bond acceptors (Lipinski definition) is 3. The Hall–Kier alpha value is -1.10. The van der Waals surface area contributed by atoms with E-state index in [1.807, 2.05) is 6.92 Å². The molecule has 0 aromatic heterocycles. The number of carboxylic acid groups (broad SMARTS) is 1. The molecule has 2 aliphatic rings. The first kappa shape index (κ1) is 10.4. The maximum atomic E-state index is 11.9. The number of hydrogen-bond donors (Lipinski definition) is 2. The van der Waals surface area contributed by atoms with Crippen LogP contribution in [-0.2, 0) is 9.59 Å². The number of carbonyl (C=O) groups excluding carboxylic acids is 1. The molecule has 2 rings (SSSR count). The van der Waals surface area contributed by atoms with Crippen molar-refractivity contribution >= 4 is 11.9 Å². The number of β-amino-alcohol motifs (C(OH)–C–C–N with tert-alkyl or cyclic N) is 1. The first-order chi connectivity index (χ1) is 6.87. The molecule has 0 aromatic carbocycles. The van der Waals surface area contributed by atoms with Crippen LogP contribution in [0.15, 0.2) is 0 Å². The van der Waals surface area contributed by atoms with E-state index in [-0.39, 0.29) is 24.3 Å². The van der Waals surface area contributed by atoms with Crippen molar-refractivity contribution in [3.8, 4) is 0 Å². The largest absolute Gasteiger partial charge is 0.479 e. The van der Waals surface area contributed by atoms with Gasteiger partial charge in [-0.1, -0.05) is 6.92 Å². The molecule has 5 nitrogen and oxygen atoms in total. The quantitative estimate of drug-likeness (QED) is 0.668. The molecule has 5 heteroatoms. The lowest BCUT2D eigenvalue weighted by Gasteiger charge is -2.22. The normalized spacial score (nSPS) is 32.8. The van der Waals surface area contributed by atoms with E-state index in [0.717, 1.165) is 12.8 Å². The second-order valence-electron chi connectivity index (χ2n) is 4.87. The Bertz CT molecular complexity index is 323. The van der Waals surface area contributed by atoms with Crippen molar-refractivity contribution < 1.29 is 19.8 Å². The number of aliphatic carboxylic acids is 1. The molecule has 15 heavy (non-hydrogen) atoms. The average Bonchev–Trinajstić information content (AvgIpc) is 2.77. The van der Waals surface area contributed by atoms with E-state index in [4.69, 9.17) is 5.11 Å². The molecular formula is C10H15NO4. The number of rotatable bonds is 2. The molecular weight excluding hydrogens is 198 g/mol. The van der Waals surface area contributed by atoms with Crippen LogP contribution in [0.3, 0.4) is 0 Å². The second kappa shape index (κ2) is 2.95. The van der Waals surface area contributed by atoms with Gasteiger partial charge in [0.15, 0.2) is 5.60 Å². The van der Waals surface area contributed by atoms with Crippen LogP contribution < -0.4 is 0 Å². The molecule has 2 fully saturated rings. The zero-order valence-electron chi connectivity index (χ0n) is 8.69. The lowest BCUT2D eigenvalue weighted by molar-refractivity contribution is -0.157. The summed E-state index contributed by atoms with van der Waals surface area (Å²) in [5.41, 5.74) is -2.02. The molecule has 0 aromatic rings. The van der Waals surface area contributed by atoms with E-state index in [1.54, 1.807) is 0 Å². The van der Waals surface area contributed by atoms with Gasteiger partial charge in [-0.2, -0.15) is 0 Å². The number of carbonyl (C=O) groups is 2. The Morgan fingerprint density at radius 2 is 1.87 bits per heavy atom. The molecule has 0 radical (unpaired) electrons. The van der Waals surface area contributed by atoms with Crippen molar-refractivity contribution in [3.63, 3.8) is 0 Å². The van der Waals surface area contributed by atoms with Crippen LogP contribution >= 0.6 is 0 Å². The van der Waals surface area contributed by atoms with Crippen LogP contribution in [0.5, 0.6) is 0 Å². The first-order valence-electron chi connectivity index (χ1n) is 5.13. The molecule has 1 atom stereocenters. The minimum Gasteiger partial charge on any atom is -0.479 e. The lowest BCUT2D eigenvalue weighted by Crippen LogP contribution is -2.43. The second-order valence-corrected chi connectivity index (χ2v) is 4.87. The van der Waals surface area contributed by atoms with E-state index < -0.39 is 11.6 Å². The smallest absolute Gasteiger partial charge is 0.337 e. The van der Waals surface area contributed by atoms with E-state index in [0.29, 0.717) is 6.54 Å². The van der Waals surface area contributed by atoms with Gasteiger partial charge in [0, 0.05) is 18.4 Å². The van der Waals surface area contributed by atoms with Gasteiger partial charge in [-0.05, 0) is 12.8 Å². The third kappa shape index (κ3) is 1.61. The van der Waals surface area contributed by atoms with E-state index in [9.17, 15) is 14.7 Å². The Labute approximate surface area is 87.7 Å². The SMILES string of the molecule is CC1(C(=O)N2CCC(O)(C(=O)O)C2)CC1. The van der Waals surface area contributed by atoms with Gasteiger partial charge in [0.2, 0.25) is 5.91 Å². The minimum atomic E-state index is -1.74. The Morgan fingerprint density at radius 3 is 2.27 bits per heavy atom. The highest BCUT2D eigenvalue weighted by atomic mass is 16.4. The third-order valence-corrected chi connectivity index (χ3v) is 3.45. The van der Waals surface area contributed by atoms with Crippen molar-refractivity contribution in [2.45, 2.75) is 31.8 Å². The predicted molar refractivity (Wildman–Crippen MR) is 51.1 cm³/mol. The fraction of sp³-hybridized carbons (Fsp3) is 0.800. The third-order valence-electron chi connectivity index (χ3n) is 3.45. The average molecular weight is 213 g/mol. The van der Waals surface area contributed by atoms with Gasteiger partial charge < -0.3 is 15.1 Å². The van der Waals surface area contributed by atoms with Gasteiger partial charge in [0.05, 0.1) is 6.54 Å². The molecule has 1 aliphatic carbocycles.